The van der Waals surface area contributed by atoms with Gasteiger partial charge in [-0.15, -0.1) is 0 Å². The van der Waals surface area contributed by atoms with Crippen LogP contribution < -0.4 is 0 Å². The third kappa shape index (κ3) is 1.44. The highest BCUT2D eigenvalue weighted by atomic mass is 127. The minimum atomic E-state index is -0.380. The Kier molecular flexibility index (Phi) is 2.69. The molecule has 1 aliphatic carbocycles. The lowest BCUT2D eigenvalue weighted by Crippen LogP contribution is -2.25. The summed E-state index contributed by atoms with van der Waals surface area (Å²) in [6.45, 7) is 4.32. The Hall–Kier alpha value is 0.390. The fourth-order valence-electron chi connectivity index (χ4n) is 2.07. The number of aliphatic hydroxyl groups is 1. The standard InChI is InChI=1S/C11H12BrIO/c1-11(2)8-4-3-6(13)5-7(8)9(14)10(11)12/h3-5,9-10,14H,1-2H3/t9?,10-/m0/s1. The number of hydrogen-bond donors (Lipinski definition) is 1. The quantitative estimate of drug-likeness (QED) is 0.551. The molecular formula is C11H12BrIO. The van der Waals surface area contributed by atoms with Crippen molar-refractivity contribution in [3.63, 3.8) is 0 Å². The molecule has 14 heavy (non-hydrogen) atoms. The second kappa shape index (κ2) is 3.46. The van der Waals surface area contributed by atoms with Crippen molar-refractivity contribution in [3.05, 3.63) is 32.9 Å². The number of benzene rings is 1. The Balaban J connectivity index is 2.62. The Bertz CT molecular complexity index is 376. The van der Waals surface area contributed by atoms with Gasteiger partial charge in [-0.05, 0) is 45.9 Å². The van der Waals surface area contributed by atoms with Gasteiger partial charge < -0.3 is 5.11 Å². The molecule has 76 valence electrons. The first-order chi connectivity index (χ1) is 6.44. The molecule has 1 aliphatic rings. The third-order valence-corrected chi connectivity index (χ3v) is 5.31. The Labute approximate surface area is 106 Å². The van der Waals surface area contributed by atoms with Crippen LogP contribution in [0.15, 0.2) is 18.2 Å². The fraction of sp³-hybridized carbons (Fsp3) is 0.455. The molecule has 1 nitrogen and oxygen atoms in total. The summed E-state index contributed by atoms with van der Waals surface area (Å²) in [5.74, 6) is 0. The normalized spacial score (nSPS) is 28.9. The van der Waals surface area contributed by atoms with Crippen LogP contribution in [0.3, 0.4) is 0 Å². The first kappa shape index (κ1) is 10.9. The second-order valence-electron chi connectivity index (χ2n) is 4.30. The number of aliphatic hydroxyl groups excluding tert-OH is 1. The van der Waals surface area contributed by atoms with Crippen molar-refractivity contribution in [2.45, 2.75) is 30.2 Å². The second-order valence-corrected chi connectivity index (χ2v) is 6.53. The molecule has 0 radical (unpaired) electrons. The zero-order valence-electron chi connectivity index (χ0n) is 8.09. The molecule has 2 atom stereocenters. The van der Waals surface area contributed by atoms with Gasteiger partial charge in [0.25, 0.3) is 0 Å². The van der Waals surface area contributed by atoms with Gasteiger partial charge in [-0.25, -0.2) is 0 Å². The molecule has 0 spiro atoms. The van der Waals surface area contributed by atoms with E-state index in [1.807, 2.05) is 0 Å². The van der Waals surface area contributed by atoms with Crippen LogP contribution >= 0.6 is 38.5 Å². The molecule has 0 fully saturated rings. The lowest BCUT2D eigenvalue weighted by atomic mass is 9.86. The van der Waals surface area contributed by atoms with Crippen molar-refractivity contribution in [1.29, 1.82) is 0 Å². The van der Waals surface area contributed by atoms with Crippen molar-refractivity contribution in [3.8, 4) is 0 Å². The van der Waals surface area contributed by atoms with Crippen LogP contribution in [0.1, 0.15) is 31.1 Å². The van der Waals surface area contributed by atoms with Crippen molar-refractivity contribution < 1.29 is 5.11 Å². The summed E-state index contributed by atoms with van der Waals surface area (Å²) in [7, 11) is 0. The third-order valence-electron chi connectivity index (χ3n) is 2.99. The van der Waals surface area contributed by atoms with Crippen LogP contribution in [-0.2, 0) is 5.41 Å². The Morgan fingerprint density at radius 3 is 2.71 bits per heavy atom. The molecule has 1 N–H and O–H groups in total. The summed E-state index contributed by atoms with van der Waals surface area (Å²) in [5, 5.41) is 10.1. The van der Waals surface area contributed by atoms with E-state index in [1.165, 1.54) is 9.13 Å². The maximum absolute atomic E-state index is 10.1. The largest absolute Gasteiger partial charge is 0.387 e. The van der Waals surface area contributed by atoms with E-state index in [2.05, 4.69) is 70.6 Å². The van der Waals surface area contributed by atoms with Crippen molar-refractivity contribution in [2.24, 2.45) is 0 Å². The zero-order valence-corrected chi connectivity index (χ0v) is 11.8. The van der Waals surface area contributed by atoms with Crippen molar-refractivity contribution >= 4 is 38.5 Å². The van der Waals surface area contributed by atoms with Crippen LogP contribution in [0.5, 0.6) is 0 Å². The minimum Gasteiger partial charge on any atom is -0.387 e. The molecule has 1 aromatic carbocycles. The van der Waals surface area contributed by atoms with E-state index in [0.717, 1.165) is 5.56 Å². The molecule has 0 aromatic heterocycles. The monoisotopic (exact) mass is 366 g/mol. The summed E-state index contributed by atoms with van der Waals surface area (Å²) in [5.41, 5.74) is 2.34. The SMILES string of the molecule is CC1(C)c2ccc(I)cc2C(O)[C@@H]1Br. The van der Waals surface area contributed by atoms with Crippen LogP contribution in [0.2, 0.25) is 0 Å². The Morgan fingerprint density at radius 1 is 1.43 bits per heavy atom. The molecule has 0 saturated carbocycles. The number of rotatable bonds is 0. The van der Waals surface area contributed by atoms with E-state index in [9.17, 15) is 5.11 Å². The molecule has 1 unspecified atom stereocenters. The average molecular weight is 367 g/mol. The van der Waals surface area contributed by atoms with Gasteiger partial charge in [-0.1, -0.05) is 35.8 Å². The highest BCUT2D eigenvalue weighted by Gasteiger charge is 2.44. The smallest absolute Gasteiger partial charge is 0.0926 e. The minimum absolute atomic E-state index is 0.0130. The Morgan fingerprint density at radius 2 is 2.07 bits per heavy atom. The van der Waals surface area contributed by atoms with Gasteiger partial charge in [-0.3, -0.25) is 0 Å². The van der Waals surface area contributed by atoms with Crippen molar-refractivity contribution in [1.82, 2.24) is 0 Å². The molecule has 3 heteroatoms. The predicted octanol–water partition coefficient (Wildman–Crippen LogP) is 3.38. The molecule has 2 rings (SSSR count). The zero-order chi connectivity index (χ0) is 10.5. The van der Waals surface area contributed by atoms with Gasteiger partial charge in [0.1, 0.15) is 0 Å². The fourth-order valence-corrected chi connectivity index (χ4v) is 3.11. The van der Waals surface area contributed by atoms with E-state index in [1.54, 1.807) is 0 Å². The van der Waals surface area contributed by atoms with Crippen LogP contribution in [-0.4, -0.2) is 9.93 Å². The van der Waals surface area contributed by atoms with E-state index in [0.29, 0.717) is 0 Å². The van der Waals surface area contributed by atoms with E-state index >= 15 is 0 Å². The maximum atomic E-state index is 10.1. The van der Waals surface area contributed by atoms with Crippen LogP contribution in [0.4, 0.5) is 0 Å². The van der Waals surface area contributed by atoms with Crippen molar-refractivity contribution in [2.75, 3.05) is 0 Å². The maximum Gasteiger partial charge on any atom is 0.0926 e. The van der Waals surface area contributed by atoms with Crippen LogP contribution in [0, 0.1) is 3.57 Å². The summed E-state index contributed by atoms with van der Waals surface area (Å²) < 4.78 is 1.18. The van der Waals surface area contributed by atoms with Gasteiger partial charge in [0.15, 0.2) is 0 Å². The summed E-state index contributed by atoms with van der Waals surface area (Å²) in [4.78, 5) is 0.114. The topological polar surface area (TPSA) is 20.2 Å². The molecule has 1 aromatic rings. The van der Waals surface area contributed by atoms with Gasteiger partial charge >= 0.3 is 0 Å². The van der Waals surface area contributed by atoms with E-state index < -0.39 is 0 Å². The van der Waals surface area contributed by atoms with Gasteiger partial charge in [0.05, 0.1) is 10.9 Å². The lowest BCUT2D eigenvalue weighted by molar-refractivity contribution is 0.171. The summed E-state index contributed by atoms with van der Waals surface area (Å²) in [6, 6.07) is 6.30. The molecule has 0 amide bonds. The molecule has 0 aliphatic heterocycles. The van der Waals surface area contributed by atoms with E-state index in [-0.39, 0.29) is 16.3 Å². The highest BCUT2D eigenvalue weighted by Crippen LogP contribution is 2.48. The molecule has 0 saturated heterocycles. The molecule has 0 heterocycles. The summed E-state index contributed by atoms with van der Waals surface area (Å²) >= 11 is 5.85. The number of alkyl halides is 1. The van der Waals surface area contributed by atoms with Gasteiger partial charge in [0.2, 0.25) is 0 Å². The summed E-state index contributed by atoms with van der Waals surface area (Å²) in [6.07, 6.45) is -0.380. The predicted molar refractivity (Wildman–Crippen MR) is 69.9 cm³/mol. The first-order valence-corrected chi connectivity index (χ1v) is 6.56. The first-order valence-electron chi connectivity index (χ1n) is 4.56. The number of halogens is 2. The highest BCUT2D eigenvalue weighted by molar-refractivity contribution is 14.1. The number of hydrogen-bond acceptors (Lipinski definition) is 1. The molecular weight excluding hydrogens is 355 g/mol. The van der Waals surface area contributed by atoms with Crippen LogP contribution in [0.25, 0.3) is 0 Å². The van der Waals surface area contributed by atoms with E-state index in [4.69, 9.17) is 0 Å². The average Bonchev–Trinajstić information content (AvgIpc) is 2.28. The van der Waals surface area contributed by atoms with Gasteiger partial charge in [-0.2, -0.15) is 0 Å². The number of fused-ring (bicyclic) bond motifs is 1. The lowest BCUT2D eigenvalue weighted by Gasteiger charge is -2.24. The molecule has 0 bridgehead atoms. The van der Waals surface area contributed by atoms with Gasteiger partial charge in [0, 0.05) is 8.99 Å².